The summed E-state index contributed by atoms with van der Waals surface area (Å²) in [6, 6.07) is 6.84. The Hall–Kier alpha value is -1.85. The second-order valence-electron chi connectivity index (χ2n) is 7.24. The number of carbonyl (C=O) groups excluding carboxylic acids is 1. The molecule has 2 aromatic rings. The number of hydrogen-bond acceptors (Lipinski definition) is 3. The van der Waals surface area contributed by atoms with Gasteiger partial charge in [-0.25, -0.2) is 0 Å². The van der Waals surface area contributed by atoms with Crippen molar-refractivity contribution >= 4 is 16.8 Å². The Morgan fingerprint density at radius 2 is 2.17 bits per heavy atom. The van der Waals surface area contributed by atoms with E-state index in [0.717, 1.165) is 39.0 Å². The lowest BCUT2D eigenvalue weighted by Crippen LogP contribution is -2.57. The quantitative estimate of drug-likeness (QED) is 0.803. The van der Waals surface area contributed by atoms with E-state index >= 15 is 0 Å². The molecule has 1 amide bonds. The summed E-state index contributed by atoms with van der Waals surface area (Å²) in [5, 5.41) is 7.78. The Balaban J connectivity index is 1.48. The third kappa shape index (κ3) is 3.06. The van der Waals surface area contributed by atoms with Crippen molar-refractivity contribution in [1.82, 2.24) is 20.5 Å². The minimum atomic E-state index is -0.0920. The molecule has 0 bridgehead atoms. The molecule has 0 spiro atoms. The normalized spacial score (nSPS) is 22.0. The van der Waals surface area contributed by atoms with Crippen molar-refractivity contribution in [3.63, 3.8) is 0 Å². The van der Waals surface area contributed by atoms with Crippen molar-refractivity contribution < 1.29 is 4.79 Å². The molecule has 1 saturated heterocycles. The number of para-hydroxylation sites is 1. The highest BCUT2D eigenvalue weighted by atomic mass is 16.2. The highest BCUT2D eigenvalue weighted by molar-refractivity contribution is 5.87. The molecule has 2 fully saturated rings. The zero-order valence-electron chi connectivity index (χ0n) is 14.5. The number of hydrogen-bond donors (Lipinski definition) is 3. The van der Waals surface area contributed by atoms with Crippen molar-refractivity contribution in [1.29, 1.82) is 0 Å². The molecule has 128 valence electrons. The zero-order chi connectivity index (χ0) is 16.7. The van der Waals surface area contributed by atoms with E-state index in [0.29, 0.717) is 6.04 Å². The Kier molecular flexibility index (Phi) is 4.06. The Bertz CT molecular complexity index is 762. The molecule has 4 rings (SSSR count). The lowest BCUT2D eigenvalue weighted by molar-refractivity contribution is -0.124. The fraction of sp³-hybridized carbons (Fsp3) is 0.526. The van der Waals surface area contributed by atoms with Crippen molar-refractivity contribution in [2.24, 2.45) is 0 Å². The fourth-order valence-electron chi connectivity index (χ4n) is 3.58. The second kappa shape index (κ2) is 6.22. The van der Waals surface area contributed by atoms with Crippen molar-refractivity contribution in [2.75, 3.05) is 19.6 Å². The zero-order valence-corrected chi connectivity index (χ0v) is 14.5. The first kappa shape index (κ1) is 15.7. The molecule has 5 nitrogen and oxygen atoms in total. The predicted molar refractivity (Wildman–Crippen MR) is 96.0 cm³/mol. The van der Waals surface area contributed by atoms with Crippen LogP contribution in [0.4, 0.5) is 0 Å². The van der Waals surface area contributed by atoms with Gasteiger partial charge in [-0.2, -0.15) is 0 Å². The third-order valence-electron chi connectivity index (χ3n) is 5.32. The van der Waals surface area contributed by atoms with Gasteiger partial charge in [-0.3, -0.25) is 9.69 Å². The van der Waals surface area contributed by atoms with Gasteiger partial charge < -0.3 is 15.6 Å². The Morgan fingerprint density at radius 1 is 1.33 bits per heavy atom. The highest BCUT2D eigenvalue weighted by Crippen LogP contribution is 2.25. The predicted octanol–water partition coefficient (Wildman–Crippen LogP) is 1.84. The average Bonchev–Trinajstić information content (AvgIpc) is 3.34. The van der Waals surface area contributed by atoms with E-state index in [1.54, 1.807) is 0 Å². The van der Waals surface area contributed by atoms with E-state index in [4.69, 9.17) is 0 Å². The second-order valence-corrected chi connectivity index (χ2v) is 7.24. The van der Waals surface area contributed by atoms with Crippen LogP contribution < -0.4 is 10.6 Å². The molecule has 2 heterocycles. The Morgan fingerprint density at radius 3 is 2.96 bits per heavy atom. The summed E-state index contributed by atoms with van der Waals surface area (Å²) in [6.07, 6.45) is 2.27. The first-order valence-corrected chi connectivity index (χ1v) is 8.94. The van der Waals surface area contributed by atoms with Gasteiger partial charge in [0.05, 0.1) is 11.6 Å². The van der Waals surface area contributed by atoms with E-state index in [2.05, 4.69) is 52.6 Å². The molecule has 1 aromatic carbocycles. The van der Waals surface area contributed by atoms with Crippen molar-refractivity contribution in [2.45, 2.75) is 45.3 Å². The standard InChI is InChI=1S/C19H26N4O/c1-12-13(2)21-18-14(4-3-5-16(12)18)10-23-9-8-20-17(11-23)19(24)22-15-6-7-15/h3-5,15,17,20-21H,6-11H2,1-2H3,(H,22,24)/t17-/m1/s1. The SMILES string of the molecule is Cc1[nH]c2c(CN3CCN[C@@H](C(=O)NC4CC4)C3)cccc2c1C. The van der Waals surface area contributed by atoms with Crippen LogP contribution in [0.25, 0.3) is 10.9 Å². The lowest BCUT2D eigenvalue weighted by atomic mass is 10.1. The summed E-state index contributed by atoms with van der Waals surface area (Å²) in [5.74, 6) is 0.159. The van der Waals surface area contributed by atoms with Crippen LogP contribution in [0, 0.1) is 13.8 Å². The number of aromatic nitrogens is 1. The van der Waals surface area contributed by atoms with Gasteiger partial charge >= 0.3 is 0 Å². The number of rotatable bonds is 4. The summed E-state index contributed by atoms with van der Waals surface area (Å²) in [7, 11) is 0. The average molecular weight is 326 g/mol. The fourth-order valence-corrected chi connectivity index (χ4v) is 3.58. The van der Waals surface area contributed by atoms with Crippen LogP contribution in [0.2, 0.25) is 0 Å². The number of nitrogens with zero attached hydrogens (tertiary/aromatic N) is 1. The maximum atomic E-state index is 12.3. The third-order valence-corrected chi connectivity index (χ3v) is 5.32. The summed E-state index contributed by atoms with van der Waals surface area (Å²) in [6.45, 7) is 7.78. The largest absolute Gasteiger partial charge is 0.358 e. The summed E-state index contributed by atoms with van der Waals surface area (Å²) < 4.78 is 0. The van der Waals surface area contributed by atoms with Gasteiger partial charge in [0.25, 0.3) is 0 Å². The molecular formula is C19H26N4O. The molecule has 0 radical (unpaired) electrons. The minimum absolute atomic E-state index is 0.0920. The first-order chi connectivity index (χ1) is 11.6. The number of amides is 1. The van der Waals surface area contributed by atoms with E-state index < -0.39 is 0 Å². The smallest absolute Gasteiger partial charge is 0.238 e. The number of piperazine rings is 1. The van der Waals surface area contributed by atoms with E-state index in [9.17, 15) is 4.79 Å². The monoisotopic (exact) mass is 326 g/mol. The molecule has 5 heteroatoms. The molecule has 1 aromatic heterocycles. The number of H-pyrrole nitrogens is 1. The van der Waals surface area contributed by atoms with E-state index in [1.165, 1.54) is 27.7 Å². The van der Waals surface area contributed by atoms with Gasteiger partial charge in [-0.15, -0.1) is 0 Å². The number of benzene rings is 1. The van der Waals surface area contributed by atoms with Crippen LogP contribution in [-0.2, 0) is 11.3 Å². The molecule has 24 heavy (non-hydrogen) atoms. The summed E-state index contributed by atoms with van der Waals surface area (Å²) >= 11 is 0. The van der Waals surface area contributed by atoms with Crippen LogP contribution in [0.15, 0.2) is 18.2 Å². The van der Waals surface area contributed by atoms with Crippen molar-refractivity contribution in [3.05, 3.63) is 35.0 Å². The van der Waals surface area contributed by atoms with Gasteiger partial charge in [-0.1, -0.05) is 18.2 Å². The molecular weight excluding hydrogens is 300 g/mol. The topological polar surface area (TPSA) is 60.2 Å². The van der Waals surface area contributed by atoms with E-state index in [-0.39, 0.29) is 11.9 Å². The van der Waals surface area contributed by atoms with E-state index in [1.807, 2.05) is 0 Å². The van der Waals surface area contributed by atoms with Gasteiger partial charge in [0.2, 0.25) is 5.91 Å². The number of aryl methyl sites for hydroxylation is 2. The molecule has 1 saturated carbocycles. The molecule has 1 aliphatic heterocycles. The number of fused-ring (bicyclic) bond motifs is 1. The van der Waals surface area contributed by atoms with Crippen LogP contribution in [-0.4, -0.2) is 47.5 Å². The maximum Gasteiger partial charge on any atom is 0.238 e. The number of nitrogens with one attached hydrogen (secondary N) is 3. The van der Waals surface area contributed by atoms with Crippen LogP contribution in [0.3, 0.4) is 0 Å². The van der Waals surface area contributed by atoms with Crippen LogP contribution in [0.1, 0.15) is 29.7 Å². The van der Waals surface area contributed by atoms with Gasteiger partial charge in [0.15, 0.2) is 0 Å². The molecule has 1 aliphatic carbocycles. The summed E-state index contributed by atoms with van der Waals surface area (Å²) in [5.41, 5.74) is 5.12. The van der Waals surface area contributed by atoms with Crippen molar-refractivity contribution in [3.8, 4) is 0 Å². The molecule has 1 atom stereocenters. The first-order valence-electron chi connectivity index (χ1n) is 8.94. The van der Waals surface area contributed by atoms with Crippen LogP contribution in [0.5, 0.6) is 0 Å². The lowest BCUT2D eigenvalue weighted by Gasteiger charge is -2.33. The molecule has 0 unspecified atom stereocenters. The van der Waals surface area contributed by atoms with Gasteiger partial charge in [0.1, 0.15) is 0 Å². The highest BCUT2D eigenvalue weighted by Gasteiger charge is 2.30. The molecule has 2 aliphatic rings. The van der Waals surface area contributed by atoms with Gasteiger partial charge in [-0.05, 0) is 37.8 Å². The van der Waals surface area contributed by atoms with Crippen LogP contribution >= 0.6 is 0 Å². The molecule has 3 N–H and O–H groups in total. The minimum Gasteiger partial charge on any atom is -0.358 e. The van der Waals surface area contributed by atoms with Gasteiger partial charge in [0, 0.05) is 43.3 Å². The summed E-state index contributed by atoms with van der Waals surface area (Å²) in [4.78, 5) is 18.2. The number of aromatic amines is 1. The number of carbonyl (C=O) groups is 1. The maximum absolute atomic E-state index is 12.3. The Labute approximate surface area is 142 Å².